The second-order valence-electron chi connectivity index (χ2n) is 6.74. The Hall–Kier alpha value is -2.95. The van der Waals surface area contributed by atoms with Crippen molar-refractivity contribution in [3.05, 3.63) is 41.2 Å². The minimum absolute atomic E-state index is 0.0376. The molecule has 2 aromatic rings. The van der Waals surface area contributed by atoms with Crippen molar-refractivity contribution < 1.29 is 14.6 Å². The van der Waals surface area contributed by atoms with E-state index in [1.807, 2.05) is 31.2 Å². The number of hydrogen-bond acceptors (Lipinski definition) is 7. The summed E-state index contributed by atoms with van der Waals surface area (Å²) in [5, 5.41) is 15.5. The van der Waals surface area contributed by atoms with Gasteiger partial charge in [0.25, 0.3) is 0 Å². The number of aldehydes is 1. The molecular formula is C22H26N4O3. The summed E-state index contributed by atoms with van der Waals surface area (Å²) in [4.78, 5) is 20.8. The lowest BCUT2D eigenvalue weighted by Crippen LogP contribution is -2.29. The smallest absolute Gasteiger partial charge is 0.172 e. The highest BCUT2D eigenvalue weighted by Gasteiger charge is 2.18. The van der Waals surface area contributed by atoms with Crippen LogP contribution in [0.1, 0.15) is 47.9 Å². The first-order chi connectivity index (χ1) is 14.2. The molecule has 0 bridgehead atoms. The standard InChI is InChI=1S/C22H26N4O3/c1-2-19-21(23-17-9-12-29-13-10-17)26-22(20(15-28)25-19)24-18-8-5-7-16(14-18)6-3-4-11-27/h5,7-8,14-15,17,27H,2,4,9-13H2,1H3,(H2,23,24,26). The SMILES string of the molecule is CCc1nc(C=O)c(Nc2cccc(C#CCCO)c2)nc1NC1CCOCC1. The number of aliphatic hydroxyl groups is 1. The number of benzene rings is 1. The number of aryl methyl sites for hydroxylation is 1. The van der Waals surface area contributed by atoms with Crippen LogP contribution in [0, 0.1) is 11.8 Å². The summed E-state index contributed by atoms with van der Waals surface area (Å²) in [6.45, 7) is 3.49. The summed E-state index contributed by atoms with van der Waals surface area (Å²) in [6, 6.07) is 7.80. The number of aromatic nitrogens is 2. The van der Waals surface area contributed by atoms with Crippen LogP contribution < -0.4 is 10.6 Å². The van der Waals surface area contributed by atoms with E-state index in [2.05, 4.69) is 32.4 Å². The van der Waals surface area contributed by atoms with Crippen LogP contribution in [0.15, 0.2) is 24.3 Å². The number of carbonyl (C=O) groups is 1. The highest BCUT2D eigenvalue weighted by atomic mass is 16.5. The Morgan fingerprint density at radius 2 is 2.10 bits per heavy atom. The number of nitrogens with zero attached hydrogens (tertiary/aromatic N) is 2. The third-order valence-corrected chi connectivity index (χ3v) is 4.60. The van der Waals surface area contributed by atoms with E-state index >= 15 is 0 Å². The van der Waals surface area contributed by atoms with Crippen LogP contribution in [0.2, 0.25) is 0 Å². The number of ether oxygens (including phenoxy) is 1. The Labute approximate surface area is 170 Å². The van der Waals surface area contributed by atoms with E-state index in [0.717, 1.165) is 49.3 Å². The van der Waals surface area contributed by atoms with Crippen LogP contribution in [0.4, 0.5) is 17.3 Å². The summed E-state index contributed by atoms with van der Waals surface area (Å²) in [7, 11) is 0. The molecule has 0 spiro atoms. The highest BCUT2D eigenvalue weighted by molar-refractivity contribution is 5.82. The molecule has 0 unspecified atom stereocenters. The van der Waals surface area contributed by atoms with Crippen LogP contribution in [-0.4, -0.2) is 47.2 Å². The van der Waals surface area contributed by atoms with Crippen molar-refractivity contribution in [3.8, 4) is 11.8 Å². The number of aliphatic hydroxyl groups excluding tert-OH is 1. The zero-order valence-corrected chi connectivity index (χ0v) is 16.6. The largest absolute Gasteiger partial charge is 0.395 e. The van der Waals surface area contributed by atoms with E-state index in [-0.39, 0.29) is 18.3 Å². The molecule has 7 heteroatoms. The third kappa shape index (κ3) is 5.76. The first kappa shape index (κ1) is 20.8. The Balaban J connectivity index is 1.86. The fraction of sp³-hybridized carbons (Fsp3) is 0.409. The van der Waals surface area contributed by atoms with E-state index < -0.39 is 0 Å². The lowest BCUT2D eigenvalue weighted by atomic mass is 10.1. The fourth-order valence-corrected chi connectivity index (χ4v) is 3.09. The molecular weight excluding hydrogens is 368 g/mol. The number of carbonyl (C=O) groups excluding carboxylic acids is 1. The molecule has 152 valence electrons. The minimum Gasteiger partial charge on any atom is -0.395 e. The Bertz CT molecular complexity index is 899. The maximum Gasteiger partial charge on any atom is 0.172 e. The van der Waals surface area contributed by atoms with Crippen molar-refractivity contribution >= 4 is 23.6 Å². The molecule has 1 saturated heterocycles. The van der Waals surface area contributed by atoms with Crippen molar-refractivity contribution in [1.82, 2.24) is 9.97 Å². The van der Waals surface area contributed by atoms with Gasteiger partial charge in [0, 0.05) is 36.9 Å². The van der Waals surface area contributed by atoms with Crippen molar-refractivity contribution in [2.75, 3.05) is 30.5 Å². The number of rotatable bonds is 7. The van der Waals surface area contributed by atoms with Gasteiger partial charge in [-0.25, -0.2) is 9.97 Å². The Kier molecular flexibility index (Phi) is 7.56. The van der Waals surface area contributed by atoms with Gasteiger partial charge in [-0.1, -0.05) is 24.8 Å². The van der Waals surface area contributed by atoms with E-state index in [4.69, 9.17) is 9.84 Å². The normalized spacial score (nSPS) is 14.0. The predicted octanol–water partition coefficient (Wildman–Crippen LogP) is 2.92. The van der Waals surface area contributed by atoms with Crippen molar-refractivity contribution in [2.24, 2.45) is 0 Å². The van der Waals surface area contributed by atoms with E-state index in [9.17, 15) is 4.79 Å². The lowest BCUT2D eigenvalue weighted by molar-refractivity contribution is 0.0903. The van der Waals surface area contributed by atoms with Gasteiger partial charge in [-0.15, -0.1) is 0 Å². The van der Waals surface area contributed by atoms with E-state index in [0.29, 0.717) is 24.5 Å². The second-order valence-corrected chi connectivity index (χ2v) is 6.74. The highest BCUT2D eigenvalue weighted by Crippen LogP contribution is 2.24. The Morgan fingerprint density at radius 3 is 2.83 bits per heavy atom. The first-order valence-electron chi connectivity index (χ1n) is 9.90. The second kappa shape index (κ2) is 10.6. The van der Waals surface area contributed by atoms with Gasteiger partial charge in [-0.2, -0.15) is 0 Å². The molecule has 1 aliphatic heterocycles. The molecule has 1 aromatic carbocycles. The molecule has 0 amide bonds. The van der Waals surface area contributed by atoms with Crippen molar-refractivity contribution in [1.29, 1.82) is 0 Å². The molecule has 0 radical (unpaired) electrons. The number of anilines is 3. The molecule has 2 heterocycles. The molecule has 0 aliphatic carbocycles. The van der Waals surface area contributed by atoms with Crippen LogP contribution in [0.3, 0.4) is 0 Å². The van der Waals surface area contributed by atoms with Gasteiger partial charge in [0.1, 0.15) is 11.5 Å². The molecule has 3 N–H and O–H groups in total. The minimum atomic E-state index is 0.0376. The molecule has 1 fully saturated rings. The maximum atomic E-state index is 11.6. The first-order valence-corrected chi connectivity index (χ1v) is 9.90. The molecule has 3 rings (SSSR count). The third-order valence-electron chi connectivity index (χ3n) is 4.60. The van der Waals surface area contributed by atoms with Crippen LogP contribution in [-0.2, 0) is 11.2 Å². The van der Waals surface area contributed by atoms with Gasteiger partial charge >= 0.3 is 0 Å². The summed E-state index contributed by atoms with van der Waals surface area (Å²) < 4.78 is 5.42. The average Bonchev–Trinajstić information content (AvgIpc) is 2.75. The van der Waals surface area contributed by atoms with E-state index in [1.165, 1.54) is 0 Å². The van der Waals surface area contributed by atoms with Gasteiger partial charge in [0.05, 0.1) is 12.3 Å². The Morgan fingerprint density at radius 1 is 1.28 bits per heavy atom. The number of hydrogen-bond donors (Lipinski definition) is 3. The van der Waals surface area contributed by atoms with Crippen molar-refractivity contribution in [2.45, 2.75) is 38.6 Å². The molecule has 0 atom stereocenters. The quantitative estimate of drug-likeness (QED) is 0.491. The monoisotopic (exact) mass is 394 g/mol. The fourth-order valence-electron chi connectivity index (χ4n) is 3.09. The molecule has 0 saturated carbocycles. The van der Waals surface area contributed by atoms with Gasteiger partial charge in [-0.05, 0) is 37.5 Å². The summed E-state index contributed by atoms with van der Waals surface area (Å²) in [6.07, 6.45) is 3.65. The van der Waals surface area contributed by atoms with Crippen LogP contribution in [0.5, 0.6) is 0 Å². The molecule has 1 aromatic heterocycles. The molecule has 1 aliphatic rings. The lowest BCUT2D eigenvalue weighted by Gasteiger charge is -2.25. The average molecular weight is 394 g/mol. The van der Waals surface area contributed by atoms with Crippen molar-refractivity contribution in [3.63, 3.8) is 0 Å². The van der Waals surface area contributed by atoms with Gasteiger partial charge in [0.15, 0.2) is 12.1 Å². The summed E-state index contributed by atoms with van der Waals surface area (Å²) in [5.41, 5.74) is 2.62. The topological polar surface area (TPSA) is 96.4 Å². The number of nitrogens with one attached hydrogen (secondary N) is 2. The van der Waals surface area contributed by atoms with Gasteiger partial charge < -0.3 is 20.5 Å². The predicted molar refractivity (Wildman–Crippen MR) is 113 cm³/mol. The van der Waals surface area contributed by atoms with E-state index in [1.54, 1.807) is 0 Å². The summed E-state index contributed by atoms with van der Waals surface area (Å²) in [5.74, 6) is 7.02. The maximum absolute atomic E-state index is 11.6. The van der Waals surface area contributed by atoms with Crippen LogP contribution >= 0.6 is 0 Å². The van der Waals surface area contributed by atoms with Gasteiger partial charge in [-0.3, -0.25) is 4.79 Å². The zero-order chi connectivity index (χ0) is 20.5. The van der Waals surface area contributed by atoms with Crippen LogP contribution in [0.25, 0.3) is 0 Å². The molecule has 29 heavy (non-hydrogen) atoms. The summed E-state index contributed by atoms with van der Waals surface area (Å²) >= 11 is 0. The zero-order valence-electron chi connectivity index (χ0n) is 16.6. The van der Waals surface area contributed by atoms with Gasteiger partial charge in [0.2, 0.25) is 0 Å². The molecule has 7 nitrogen and oxygen atoms in total.